The van der Waals surface area contributed by atoms with Gasteiger partial charge in [-0.2, -0.15) is 5.10 Å². The average molecular weight is 521 g/mol. The molecule has 1 heterocycles. The Balaban J connectivity index is 1.67. The van der Waals surface area contributed by atoms with Crippen molar-refractivity contribution in [2.45, 2.75) is 70.8 Å². The zero-order chi connectivity index (χ0) is 24.5. The van der Waals surface area contributed by atoms with Gasteiger partial charge in [-0.15, -0.1) is 0 Å². The summed E-state index contributed by atoms with van der Waals surface area (Å²) >= 11 is 3.47. The number of hydrogen-bond donors (Lipinski definition) is 1. The van der Waals surface area contributed by atoms with E-state index >= 15 is 0 Å². The van der Waals surface area contributed by atoms with Gasteiger partial charge in [0.15, 0.2) is 0 Å². The van der Waals surface area contributed by atoms with Crippen LogP contribution in [0.4, 0.5) is 0 Å². The van der Waals surface area contributed by atoms with Crippen molar-refractivity contribution in [1.82, 2.24) is 9.78 Å². The maximum Gasteiger partial charge on any atom is 0.335 e. The predicted octanol–water partition coefficient (Wildman–Crippen LogP) is 7.50. The van der Waals surface area contributed by atoms with Crippen molar-refractivity contribution < 1.29 is 9.90 Å². The van der Waals surface area contributed by atoms with Crippen molar-refractivity contribution in [3.8, 4) is 0 Å². The van der Waals surface area contributed by atoms with Gasteiger partial charge in [-0.25, -0.2) is 4.79 Å². The molecule has 0 atom stereocenters. The van der Waals surface area contributed by atoms with Gasteiger partial charge in [-0.05, 0) is 92.4 Å². The van der Waals surface area contributed by atoms with Gasteiger partial charge < -0.3 is 5.11 Å². The van der Waals surface area contributed by atoms with E-state index < -0.39 is 5.97 Å². The van der Waals surface area contributed by atoms with E-state index in [2.05, 4.69) is 73.0 Å². The number of fused-ring (bicyclic) bond motifs is 1. The first-order valence-corrected chi connectivity index (χ1v) is 12.7. The maximum absolute atomic E-state index is 11.2. The molecule has 0 radical (unpaired) electrons. The Kier molecular flexibility index (Phi) is 6.86. The van der Waals surface area contributed by atoms with Gasteiger partial charge in [0.1, 0.15) is 0 Å². The molecule has 0 saturated heterocycles. The van der Waals surface area contributed by atoms with Gasteiger partial charge in [-0.1, -0.05) is 64.1 Å². The normalized spacial score (nSPS) is 16.5. The third kappa shape index (κ3) is 5.35. The summed E-state index contributed by atoms with van der Waals surface area (Å²) in [5.41, 5.74) is 7.14. The molecule has 1 aromatic heterocycles. The monoisotopic (exact) mass is 520 g/mol. The molecule has 3 aromatic rings. The highest BCUT2D eigenvalue weighted by atomic mass is 79.9. The van der Waals surface area contributed by atoms with Crippen LogP contribution in [-0.4, -0.2) is 20.9 Å². The number of carboxylic acid groups (broad SMARTS) is 1. The lowest BCUT2D eigenvalue weighted by molar-refractivity contribution is 0.0697. The summed E-state index contributed by atoms with van der Waals surface area (Å²) in [6.07, 6.45) is 12.5. The molecule has 0 fully saturated rings. The Morgan fingerprint density at radius 3 is 2.29 bits per heavy atom. The van der Waals surface area contributed by atoms with Crippen molar-refractivity contribution in [2.75, 3.05) is 0 Å². The second-order valence-electron chi connectivity index (χ2n) is 10.7. The Labute approximate surface area is 210 Å². The molecule has 1 aliphatic rings. The molecular weight excluding hydrogens is 488 g/mol. The number of carbonyl (C=O) groups is 1. The second kappa shape index (κ2) is 9.53. The molecule has 178 valence electrons. The van der Waals surface area contributed by atoms with Gasteiger partial charge in [-0.3, -0.25) is 4.68 Å². The zero-order valence-electron chi connectivity index (χ0n) is 20.4. The second-order valence-corrected chi connectivity index (χ2v) is 11.6. The molecule has 0 aliphatic heterocycles. The van der Waals surface area contributed by atoms with E-state index in [0.29, 0.717) is 5.56 Å². The summed E-state index contributed by atoms with van der Waals surface area (Å²) in [5, 5.41) is 13.6. The number of aromatic nitrogens is 2. The maximum atomic E-state index is 11.2. The van der Waals surface area contributed by atoms with Crippen molar-refractivity contribution in [3.05, 3.63) is 86.6 Å². The summed E-state index contributed by atoms with van der Waals surface area (Å²) in [5.74, 6) is -0.901. The van der Waals surface area contributed by atoms with Crippen molar-refractivity contribution in [2.24, 2.45) is 0 Å². The van der Waals surface area contributed by atoms with Crippen molar-refractivity contribution in [1.29, 1.82) is 0 Å². The van der Waals surface area contributed by atoms with Crippen molar-refractivity contribution in [3.63, 3.8) is 0 Å². The van der Waals surface area contributed by atoms with Crippen LogP contribution in [0.1, 0.15) is 85.1 Å². The molecule has 1 aliphatic carbocycles. The summed E-state index contributed by atoms with van der Waals surface area (Å²) in [6.45, 7) is 10.3. The van der Waals surface area contributed by atoms with Crippen LogP contribution in [0.3, 0.4) is 0 Å². The SMILES string of the molecule is CC1(C)CCC(C)(C)c2cc(CCCn3cc(Br)cn3)c(C=Cc3ccc(C(=O)O)cc3)cc21. The molecule has 0 bridgehead atoms. The van der Waals surface area contributed by atoms with Crippen LogP contribution in [0, 0.1) is 0 Å². The molecule has 4 rings (SSSR count). The van der Waals surface area contributed by atoms with Crippen LogP contribution in [0.25, 0.3) is 12.2 Å². The number of halogens is 1. The summed E-state index contributed by atoms with van der Waals surface area (Å²) in [4.78, 5) is 11.2. The van der Waals surface area contributed by atoms with E-state index in [-0.39, 0.29) is 10.8 Å². The fourth-order valence-electron chi connectivity index (χ4n) is 4.86. The van der Waals surface area contributed by atoms with Crippen LogP contribution in [0.15, 0.2) is 53.3 Å². The topological polar surface area (TPSA) is 55.1 Å². The molecular formula is C29H33BrN2O2. The Hall–Kier alpha value is -2.66. The van der Waals surface area contributed by atoms with Crippen LogP contribution < -0.4 is 0 Å². The zero-order valence-corrected chi connectivity index (χ0v) is 22.0. The molecule has 0 spiro atoms. The van der Waals surface area contributed by atoms with Crippen LogP contribution in [0.5, 0.6) is 0 Å². The van der Waals surface area contributed by atoms with E-state index in [1.807, 2.05) is 29.2 Å². The van der Waals surface area contributed by atoms with E-state index in [0.717, 1.165) is 29.4 Å². The number of aromatic carboxylic acids is 1. The fourth-order valence-corrected chi connectivity index (χ4v) is 5.19. The lowest BCUT2D eigenvalue weighted by Gasteiger charge is -2.42. The Bertz CT molecular complexity index is 1220. The first-order valence-electron chi connectivity index (χ1n) is 11.9. The number of carboxylic acids is 1. The molecule has 0 unspecified atom stereocenters. The average Bonchev–Trinajstić information content (AvgIpc) is 3.21. The third-order valence-corrected chi connectivity index (χ3v) is 7.57. The molecule has 0 amide bonds. The molecule has 0 saturated carbocycles. The highest BCUT2D eigenvalue weighted by Crippen LogP contribution is 2.46. The molecule has 4 nitrogen and oxygen atoms in total. The lowest BCUT2D eigenvalue weighted by Crippen LogP contribution is -2.34. The smallest absolute Gasteiger partial charge is 0.335 e. The van der Waals surface area contributed by atoms with Crippen LogP contribution in [0.2, 0.25) is 0 Å². The van der Waals surface area contributed by atoms with Gasteiger partial charge in [0.25, 0.3) is 0 Å². The lowest BCUT2D eigenvalue weighted by atomic mass is 9.62. The molecule has 5 heteroatoms. The summed E-state index contributed by atoms with van der Waals surface area (Å²) in [7, 11) is 0. The quantitative estimate of drug-likeness (QED) is 0.328. The fraction of sp³-hybridized carbons (Fsp3) is 0.379. The number of nitrogens with zero attached hydrogens (tertiary/aromatic N) is 2. The molecule has 1 N–H and O–H groups in total. The van der Waals surface area contributed by atoms with Crippen LogP contribution >= 0.6 is 15.9 Å². The minimum Gasteiger partial charge on any atom is -0.478 e. The van der Waals surface area contributed by atoms with Gasteiger partial charge >= 0.3 is 5.97 Å². The number of rotatable bonds is 7. The molecule has 34 heavy (non-hydrogen) atoms. The standard InChI is InChI=1S/C29H33BrN2O2/c1-28(2)13-14-29(3,4)26-17-23(12-9-20-7-10-21(11-8-20)27(33)34)22(16-25(26)28)6-5-15-32-19-24(30)18-31-32/h7-12,16-19H,5-6,13-15H2,1-4H3,(H,33,34). The predicted molar refractivity (Wildman–Crippen MR) is 142 cm³/mol. The Morgan fingerprint density at radius 2 is 1.71 bits per heavy atom. The number of aryl methyl sites for hydroxylation is 2. The van der Waals surface area contributed by atoms with Gasteiger partial charge in [0, 0.05) is 12.7 Å². The molecule has 2 aromatic carbocycles. The highest BCUT2D eigenvalue weighted by Gasteiger charge is 2.37. The first-order chi connectivity index (χ1) is 16.0. The summed E-state index contributed by atoms with van der Waals surface area (Å²) < 4.78 is 2.98. The third-order valence-electron chi connectivity index (χ3n) is 7.16. The van der Waals surface area contributed by atoms with E-state index in [1.165, 1.54) is 35.1 Å². The van der Waals surface area contributed by atoms with Gasteiger partial charge in [0.2, 0.25) is 0 Å². The van der Waals surface area contributed by atoms with E-state index in [9.17, 15) is 4.79 Å². The first kappa shape index (κ1) is 24.5. The van der Waals surface area contributed by atoms with Crippen molar-refractivity contribution >= 4 is 34.1 Å². The Morgan fingerprint density at radius 1 is 1.06 bits per heavy atom. The number of benzene rings is 2. The largest absolute Gasteiger partial charge is 0.478 e. The minimum absolute atomic E-state index is 0.149. The minimum atomic E-state index is -0.901. The van der Waals surface area contributed by atoms with E-state index in [4.69, 9.17) is 5.11 Å². The summed E-state index contributed by atoms with van der Waals surface area (Å²) in [6, 6.07) is 11.9. The highest BCUT2D eigenvalue weighted by molar-refractivity contribution is 9.10. The van der Waals surface area contributed by atoms with Gasteiger partial charge in [0.05, 0.1) is 16.2 Å². The van der Waals surface area contributed by atoms with E-state index in [1.54, 1.807) is 12.1 Å². The number of hydrogen-bond acceptors (Lipinski definition) is 2. The van der Waals surface area contributed by atoms with Crippen LogP contribution in [-0.2, 0) is 23.8 Å².